The number of carboxylic acids is 1. The molecule has 3 N–H and O–H groups in total. The molecule has 1 aliphatic carbocycles. The fourth-order valence-electron chi connectivity index (χ4n) is 3.55. The molecular formula is C12H21NO3. The maximum atomic E-state index is 11.5. The molecule has 1 saturated carbocycles. The first-order valence-electron chi connectivity index (χ1n) is 5.98. The van der Waals surface area contributed by atoms with Crippen LogP contribution in [-0.2, 0) is 4.79 Å². The van der Waals surface area contributed by atoms with Crippen LogP contribution in [0.15, 0.2) is 0 Å². The van der Waals surface area contributed by atoms with Crippen molar-refractivity contribution < 1.29 is 15.0 Å². The number of carboxylic acid groups (broad SMARTS) is 1. The topological polar surface area (TPSA) is 69.6 Å². The number of hydrogen-bond donors (Lipinski definition) is 3. The minimum Gasteiger partial charge on any atom is -0.481 e. The molecule has 1 unspecified atom stereocenters. The van der Waals surface area contributed by atoms with Gasteiger partial charge in [-0.05, 0) is 37.6 Å². The maximum Gasteiger partial charge on any atom is 0.313 e. The van der Waals surface area contributed by atoms with Crippen molar-refractivity contribution >= 4 is 5.97 Å². The fourth-order valence-corrected chi connectivity index (χ4v) is 3.55. The lowest BCUT2D eigenvalue weighted by atomic mass is 9.50. The molecule has 0 aromatic heterocycles. The van der Waals surface area contributed by atoms with E-state index in [0.29, 0.717) is 25.8 Å². The van der Waals surface area contributed by atoms with E-state index in [0.717, 1.165) is 13.0 Å². The number of rotatable bonds is 2. The largest absolute Gasteiger partial charge is 0.481 e. The molecule has 1 saturated heterocycles. The van der Waals surface area contributed by atoms with Gasteiger partial charge in [-0.2, -0.15) is 0 Å². The lowest BCUT2D eigenvalue weighted by Gasteiger charge is -2.58. The molecule has 2 fully saturated rings. The van der Waals surface area contributed by atoms with E-state index in [1.54, 1.807) is 0 Å². The third-order valence-corrected chi connectivity index (χ3v) is 4.23. The molecule has 0 bridgehead atoms. The van der Waals surface area contributed by atoms with E-state index in [-0.39, 0.29) is 5.41 Å². The Kier molecular flexibility index (Phi) is 2.55. The van der Waals surface area contributed by atoms with Gasteiger partial charge >= 0.3 is 5.97 Å². The summed E-state index contributed by atoms with van der Waals surface area (Å²) in [4.78, 5) is 11.5. The van der Waals surface area contributed by atoms with Crippen molar-refractivity contribution in [3.8, 4) is 0 Å². The number of nitrogens with one attached hydrogen (secondary N) is 1. The molecule has 1 aliphatic heterocycles. The maximum absolute atomic E-state index is 11.5. The van der Waals surface area contributed by atoms with Gasteiger partial charge in [0.15, 0.2) is 0 Å². The highest BCUT2D eigenvalue weighted by atomic mass is 16.4. The molecule has 0 spiro atoms. The molecule has 0 amide bonds. The van der Waals surface area contributed by atoms with Crippen molar-refractivity contribution in [3.63, 3.8) is 0 Å². The normalized spacial score (nSPS) is 36.4. The smallest absolute Gasteiger partial charge is 0.313 e. The lowest BCUT2D eigenvalue weighted by Crippen LogP contribution is -2.67. The van der Waals surface area contributed by atoms with Crippen molar-refractivity contribution in [1.82, 2.24) is 5.32 Å². The van der Waals surface area contributed by atoms with E-state index in [9.17, 15) is 15.0 Å². The lowest BCUT2D eigenvalue weighted by molar-refractivity contribution is -0.214. The van der Waals surface area contributed by atoms with Crippen LogP contribution in [0.5, 0.6) is 0 Å². The molecule has 4 heteroatoms. The summed E-state index contributed by atoms with van der Waals surface area (Å²) in [7, 11) is 0. The average molecular weight is 227 g/mol. The Morgan fingerprint density at radius 2 is 1.94 bits per heavy atom. The second kappa shape index (κ2) is 3.44. The number of piperidine rings is 1. The van der Waals surface area contributed by atoms with Gasteiger partial charge in [-0.1, -0.05) is 13.8 Å². The van der Waals surface area contributed by atoms with E-state index in [1.165, 1.54) is 0 Å². The average Bonchev–Trinajstić information content (AvgIpc) is 2.15. The Hall–Kier alpha value is -0.610. The molecule has 1 heterocycles. The predicted octanol–water partition coefficient (Wildman–Crippen LogP) is 0.992. The van der Waals surface area contributed by atoms with Crippen LogP contribution in [-0.4, -0.2) is 34.9 Å². The van der Waals surface area contributed by atoms with E-state index in [1.807, 2.05) is 0 Å². The summed E-state index contributed by atoms with van der Waals surface area (Å²) in [5, 5.41) is 23.1. The van der Waals surface area contributed by atoms with Crippen LogP contribution in [0.4, 0.5) is 0 Å². The molecule has 0 aromatic rings. The van der Waals surface area contributed by atoms with Crippen LogP contribution in [0.25, 0.3) is 0 Å². The second-order valence-corrected chi connectivity index (χ2v) is 6.22. The number of hydrogen-bond acceptors (Lipinski definition) is 3. The summed E-state index contributed by atoms with van der Waals surface area (Å²) >= 11 is 0. The van der Waals surface area contributed by atoms with Gasteiger partial charge in [0.1, 0.15) is 5.41 Å². The van der Waals surface area contributed by atoms with Gasteiger partial charge in [0.2, 0.25) is 0 Å². The summed E-state index contributed by atoms with van der Waals surface area (Å²) < 4.78 is 0. The first-order chi connectivity index (χ1) is 7.31. The second-order valence-electron chi connectivity index (χ2n) is 6.22. The molecule has 92 valence electrons. The minimum atomic E-state index is -1.02. The molecule has 0 radical (unpaired) electrons. The van der Waals surface area contributed by atoms with Crippen LogP contribution in [0.1, 0.15) is 39.5 Å². The molecule has 0 aromatic carbocycles. The Balaban J connectivity index is 2.23. The van der Waals surface area contributed by atoms with Crippen molar-refractivity contribution in [3.05, 3.63) is 0 Å². The quantitative estimate of drug-likeness (QED) is 0.658. The summed E-state index contributed by atoms with van der Waals surface area (Å²) in [6.45, 7) is 5.41. The van der Waals surface area contributed by atoms with Crippen LogP contribution < -0.4 is 5.32 Å². The van der Waals surface area contributed by atoms with Crippen LogP contribution in [0.2, 0.25) is 0 Å². The summed E-state index contributed by atoms with van der Waals surface area (Å²) in [5.41, 5.74) is -1.91. The van der Waals surface area contributed by atoms with Gasteiger partial charge in [0, 0.05) is 6.54 Å². The van der Waals surface area contributed by atoms with Gasteiger partial charge in [-0.3, -0.25) is 4.79 Å². The van der Waals surface area contributed by atoms with E-state index in [2.05, 4.69) is 19.2 Å². The molecule has 16 heavy (non-hydrogen) atoms. The molecule has 2 rings (SSSR count). The van der Waals surface area contributed by atoms with Crippen LogP contribution in [0, 0.1) is 10.8 Å². The highest BCUT2D eigenvalue weighted by Gasteiger charge is 2.64. The SMILES string of the molecule is CC1(C)CC(O)(C2(C(=O)O)CCCNC2)C1. The Morgan fingerprint density at radius 1 is 1.31 bits per heavy atom. The number of aliphatic carboxylic acids is 1. The molecule has 1 atom stereocenters. The van der Waals surface area contributed by atoms with E-state index < -0.39 is 17.0 Å². The standard InChI is InChI=1S/C12H21NO3/c1-10(2)6-12(16,7-10)11(9(14)15)4-3-5-13-8-11/h13,16H,3-8H2,1-2H3,(H,14,15). The Morgan fingerprint density at radius 3 is 2.31 bits per heavy atom. The summed E-state index contributed by atoms with van der Waals surface area (Å²) in [6.07, 6.45) is 2.60. The van der Waals surface area contributed by atoms with Crippen molar-refractivity contribution in [2.75, 3.05) is 13.1 Å². The number of aliphatic hydroxyl groups is 1. The summed E-state index contributed by atoms with van der Waals surface area (Å²) in [5.74, 6) is -0.849. The zero-order chi connectivity index (χ0) is 12.0. The van der Waals surface area contributed by atoms with E-state index in [4.69, 9.17) is 0 Å². The monoisotopic (exact) mass is 227 g/mol. The van der Waals surface area contributed by atoms with Crippen molar-refractivity contribution in [2.45, 2.75) is 45.1 Å². The third-order valence-electron chi connectivity index (χ3n) is 4.23. The van der Waals surface area contributed by atoms with Crippen molar-refractivity contribution in [1.29, 1.82) is 0 Å². The predicted molar refractivity (Wildman–Crippen MR) is 60.1 cm³/mol. The Labute approximate surface area is 96.0 Å². The highest BCUT2D eigenvalue weighted by molar-refractivity contribution is 5.77. The molecule has 2 aliphatic rings. The van der Waals surface area contributed by atoms with Crippen LogP contribution >= 0.6 is 0 Å². The zero-order valence-corrected chi connectivity index (χ0v) is 10.0. The first kappa shape index (κ1) is 11.9. The molecule has 4 nitrogen and oxygen atoms in total. The van der Waals surface area contributed by atoms with Gasteiger partial charge in [0.25, 0.3) is 0 Å². The zero-order valence-electron chi connectivity index (χ0n) is 10.0. The van der Waals surface area contributed by atoms with Crippen LogP contribution in [0.3, 0.4) is 0 Å². The molecular weight excluding hydrogens is 206 g/mol. The number of carbonyl (C=O) groups is 1. The minimum absolute atomic E-state index is 0.0780. The van der Waals surface area contributed by atoms with Gasteiger partial charge in [-0.25, -0.2) is 0 Å². The summed E-state index contributed by atoms with van der Waals surface area (Å²) in [6, 6.07) is 0. The van der Waals surface area contributed by atoms with Gasteiger partial charge < -0.3 is 15.5 Å². The highest BCUT2D eigenvalue weighted by Crippen LogP contribution is 2.57. The first-order valence-corrected chi connectivity index (χ1v) is 5.98. The van der Waals surface area contributed by atoms with E-state index >= 15 is 0 Å². The van der Waals surface area contributed by atoms with Crippen molar-refractivity contribution in [2.24, 2.45) is 10.8 Å². The van der Waals surface area contributed by atoms with Gasteiger partial charge in [0.05, 0.1) is 5.60 Å². The fraction of sp³-hybridized carbons (Fsp3) is 0.917. The van der Waals surface area contributed by atoms with Gasteiger partial charge in [-0.15, -0.1) is 0 Å². The Bertz CT molecular complexity index is 297. The third kappa shape index (κ3) is 1.55.